The molecule has 0 unspecified atom stereocenters. The van der Waals surface area contributed by atoms with Crippen LogP contribution in [0.15, 0.2) is 17.3 Å². The largest absolute Gasteiger partial charge is 0.274 e. The van der Waals surface area contributed by atoms with Crippen LogP contribution in [-0.4, -0.2) is 30.1 Å². The van der Waals surface area contributed by atoms with Gasteiger partial charge in [-0.25, -0.2) is 13.1 Å². The van der Waals surface area contributed by atoms with Gasteiger partial charge in [0, 0.05) is 25.2 Å². The summed E-state index contributed by atoms with van der Waals surface area (Å²) in [5.74, 6) is 0.369. The minimum absolute atomic E-state index is 0.205. The van der Waals surface area contributed by atoms with Gasteiger partial charge in [0.05, 0.1) is 6.20 Å². The smallest absolute Gasteiger partial charge is 0.243 e. The molecule has 2 rings (SSSR count). The van der Waals surface area contributed by atoms with Crippen LogP contribution < -0.4 is 4.72 Å². The number of nitrogens with one attached hydrogen (secondary N) is 1. The summed E-state index contributed by atoms with van der Waals surface area (Å²) in [4.78, 5) is 0.205. The fourth-order valence-corrected chi connectivity index (χ4v) is 3.27. The Labute approximate surface area is 99.8 Å². The molecule has 1 N–H and O–H groups in total. The van der Waals surface area contributed by atoms with Gasteiger partial charge >= 0.3 is 0 Å². The average molecular weight is 264 g/mol. The van der Waals surface area contributed by atoms with Crippen LogP contribution in [0.4, 0.5) is 0 Å². The Kier molecular flexibility index (Phi) is 3.23. The van der Waals surface area contributed by atoms with E-state index >= 15 is 0 Å². The van der Waals surface area contributed by atoms with Crippen LogP contribution in [0.3, 0.4) is 0 Å². The highest BCUT2D eigenvalue weighted by Gasteiger charge is 2.28. The van der Waals surface area contributed by atoms with E-state index in [0.717, 1.165) is 12.8 Å². The number of halogens is 1. The van der Waals surface area contributed by atoms with Crippen molar-refractivity contribution in [1.29, 1.82) is 0 Å². The van der Waals surface area contributed by atoms with Crippen molar-refractivity contribution < 1.29 is 8.42 Å². The second kappa shape index (κ2) is 4.35. The van der Waals surface area contributed by atoms with E-state index in [1.165, 1.54) is 17.1 Å². The van der Waals surface area contributed by atoms with Crippen molar-refractivity contribution in [2.24, 2.45) is 13.0 Å². The van der Waals surface area contributed by atoms with Gasteiger partial charge in [-0.15, -0.1) is 11.6 Å². The number of hydrogen-bond donors (Lipinski definition) is 1. The van der Waals surface area contributed by atoms with Crippen LogP contribution in [0.1, 0.15) is 12.8 Å². The van der Waals surface area contributed by atoms with Crippen LogP contribution in [0.2, 0.25) is 0 Å². The molecule has 1 aromatic heterocycles. The lowest BCUT2D eigenvalue weighted by atomic mass is 9.85. The van der Waals surface area contributed by atoms with E-state index in [4.69, 9.17) is 11.6 Å². The first kappa shape index (κ1) is 11.9. The van der Waals surface area contributed by atoms with E-state index in [9.17, 15) is 8.42 Å². The summed E-state index contributed by atoms with van der Waals surface area (Å²) in [6, 6.07) is 0. The number of sulfonamides is 1. The Bertz CT molecular complexity index is 465. The van der Waals surface area contributed by atoms with Crippen molar-refractivity contribution in [2.45, 2.75) is 23.1 Å². The maximum absolute atomic E-state index is 11.8. The van der Waals surface area contributed by atoms with Gasteiger partial charge in [0.2, 0.25) is 10.0 Å². The SMILES string of the molecule is Cn1cc(S(=O)(=O)NCC2CC(Cl)C2)cn1. The van der Waals surface area contributed by atoms with Crippen molar-refractivity contribution in [3.8, 4) is 0 Å². The predicted molar refractivity (Wildman–Crippen MR) is 60.8 cm³/mol. The van der Waals surface area contributed by atoms with Crippen LogP contribution in [0.5, 0.6) is 0 Å². The third-order valence-corrected chi connectivity index (χ3v) is 4.47. The van der Waals surface area contributed by atoms with Crippen molar-refractivity contribution in [1.82, 2.24) is 14.5 Å². The molecule has 0 amide bonds. The molecule has 1 aliphatic rings. The van der Waals surface area contributed by atoms with Gasteiger partial charge in [-0.05, 0) is 18.8 Å². The number of alkyl halides is 1. The quantitative estimate of drug-likeness (QED) is 0.814. The van der Waals surface area contributed by atoms with Gasteiger partial charge < -0.3 is 0 Å². The fourth-order valence-electron chi connectivity index (χ4n) is 1.67. The van der Waals surface area contributed by atoms with Crippen LogP contribution in [-0.2, 0) is 17.1 Å². The second-order valence-corrected chi connectivity index (χ2v) is 6.52. The molecular weight excluding hydrogens is 250 g/mol. The number of aryl methyl sites for hydroxylation is 1. The van der Waals surface area contributed by atoms with Crippen molar-refractivity contribution >= 4 is 21.6 Å². The molecule has 1 fully saturated rings. The zero-order valence-electron chi connectivity index (χ0n) is 8.93. The summed E-state index contributed by atoms with van der Waals surface area (Å²) in [7, 11) is -1.72. The number of rotatable bonds is 4. The number of aromatic nitrogens is 2. The Morgan fingerprint density at radius 3 is 2.81 bits per heavy atom. The Balaban J connectivity index is 1.93. The minimum Gasteiger partial charge on any atom is -0.274 e. The van der Waals surface area contributed by atoms with Crippen LogP contribution in [0, 0.1) is 5.92 Å². The lowest BCUT2D eigenvalue weighted by Gasteiger charge is -2.30. The maximum Gasteiger partial charge on any atom is 0.243 e. The molecule has 7 heteroatoms. The van der Waals surface area contributed by atoms with Crippen molar-refractivity contribution in [3.63, 3.8) is 0 Å². The average Bonchev–Trinajstić information content (AvgIpc) is 2.58. The molecule has 1 aliphatic carbocycles. The molecule has 1 heterocycles. The van der Waals surface area contributed by atoms with E-state index in [0.29, 0.717) is 12.5 Å². The molecule has 0 radical (unpaired) electrons. The van der Waals surface area contributed by atoms with Crippen molar-refractivity contribution in [2.75, 3.05) is 6.54 Å². The van der Waals surface area contributed by atoms with E-state index in [-0.39, 0.29) is 10.3 Å². The fraction of sp³-hybridized carbons (Fsp3) is 0.667. The molecule has 90 valence electrons. The number of nitrogens with zero attached hydrogens (tertiary/aromatic N) is 2. The predicted octanol–water partition coefficient (Wildman–Crippen LogP) is 0.716. The Hall–Kier alpha value is -0.590. The first-order valence-corrected chi connectivity index (χ1v) is 7.02. The highest BCUT2D eigenvalue weighted by molar-refractivity contribution is 7.89. The maximum atomic E-state index is 11.8. The van der Waals surface area contributed by atoms with E-state index in [2.05, 4.69) is 9.82 Å². The zero-order valence-corrected chi connectivity index (χ0v) is 10.5. The number of hydrogen-bond acceptors (Lipinski definition) is 3. The van der Waals surface area contributed by atoms with E-state index < -0.39 is 10.0 Å². The van der Waals surface area contributed by atoms with Gasteiger partial charge in [0.1, 0.15) is 4.90 Å². The lowest BCUT2D eigenvalue weighted by molar-refractivity contribution is 0.324. The highest BCUT2D eigenvalue weighted by atomic mass is 35.5. The molecule has 0 aliphatic heterocycles. The van der Waals surface area contributed by atoms with Gasteiger partial charge in [-0.1, -0.05) is 0 Å². The van der Waals surface area contributed by atoms with Gasteiger partial charge in [-0.3, -0.25) is 4.68 Å². The first-order chi connectivity index (χ1) is 7.47. The first-order valence-electron chi connectivity index (χ1n) is 5.10. The molecular formula is C9H14ClN3O2S. The molecule has 1 saturated carbocycles. The zero-order chi connectivity index (χ0) is 11.8. The second-order valence-electron chi connectivity index (χ2n) is 4.14. The molecule has 16 heavy (non-hydrogen) atoms. The third kappa shape index (κ3) is 2.56. The van der Waals surface area contributed by atoms with E-state index in [1.54, 1.807) is 7.05 Å². The lowest BCUT2D eigenvalue weighted by Crippen LogP contribution is -2.36. The van der Waals surface area contributed by atoms with Gasteiger partial charge in [-0.2, -0.15) is 5.10 Å². The van der Waals surface area contributed by atoms with Crippen LogP contribution in [0.25, 0.3) is 0 Å². The normalized spacial score (nSPS) is 25.4. The monoisotopic (exact) mass is 263 g/mol. The van der Waals surface area contributed by atoms with Crippen LogP contribution >= 0.6 is 11.6 Å². The molecule has 0 bridgehead atoms. The summed E-state index contributed by atoms with van der Waals surface area (Å²) < 4.78 is 27.6. The summed E-state index contributed by atoms with van der Waals surface area (Å²) in [5.41, 5.74) is 0. The molecule has 0 atom stereocenters. The molecule has 0 spiro atoms. The highest BCUT2D eigenvalue weighted by Crippen LogP contribution is 2.31. The Morgan fingerprint density at radius 2 is 2.31 bits per heavy atom. The summed E-state index contributed by atoms with van der Waals surface area (Å²) >= 11 is 5.82. The topological polar surface area (TPSA) is 64.0 Å². The van der Waals surface area contributed by atoms with Gasteiger partial charge in [0.15, 0.2) is 0 Å². The standard InChI is InChI=1S/C9H14ClN3O2S/c1-13-6-9(5-11-13)16(14,15)12-4-7-2-8(10)3-7/h5-8,12H,2-4H2,1H3. The molecule has 0 saturated heterocycles. The summed E-state index contributed by atoms with van der Waals surface area (Å²) in [6.07, 6.45) is 4.59. The third-order valence-electron chi connectivity index (χ3n) is 2.73. The summed E-state index contributed by atoms with van der Waals surface area (Å²) in [6.45, 7) is 0.459. The van der Waals surface area contributed by atoms with Crippen molar-refractivity contribution in [3.05, 3.63) is 12.4 Å². The van der Waals surface area contributed by atoms with E-state index in [1.807, 2.05) is 0 Å². The molecule has 1 aromatic rings. The molecule has 5 nitrogen and oxygen atoms in total. The molecule has 0 aromatic carbocycles. The minimum atomic E-state index is -3.40. The van der Waals surface area contributed by atoms with Gasteiger partial charge in [0.25, 0.3) is 0 Å². The summed E-state index contributed by atoms with van der Waals surface area (Å²) in [5, 5.41) is 4.05. The Morgan fingerprint density at radius 1 is 1.62 bits per heavy atom.